The van der Waals surface area contributed by atoms with Gasteiger partial charge in [0.25, 0.3) is 0 Å². The van der Waals surface area contributed by atoms with E-state index in [0.717, 1.165) is 17.7 Å². The van der Waals surface area contributed by atoms with Crippen LogP contribution in [0.3, 0.4) is 0 Å². The second-order valence-corrected chi connectivity index (χ2v) is 5.03. The van der Waals surface area contributed by atoms with Crippen LogP contribution in [0.4, 0.5) is 0 Å². The zero-order valence-electron chi connectivity index (χ0n) is 11.6. The monoisotopic (exact) mass is 277 g/mol. The van der Waals surface area contributed by atoms with Gasteiger partial charge in [-0.1, -0.05) is 19.1 Å². The van der Waals surface area contributed by atoms with Crippen molar-refractivity contribution in [3.63, 3.8) is 0 Å². The van der Waals surface area contributed by atoms with Crippen molar-refractivity contribution in [1.82, 2.24) is 5.32 Å². The Labute approximate surface area is 117 Å². The van der Waals surface area contributed by atoms with Crippen LogP contribution in [-0.4, -0.2) is 24.1 Å². The number of nitrogens with one attached hydrogen (secondary N) is 1. The third kappa shape index (κ3) is 3.10. The first kappa shape index (κ1) is 14.4. The van der Waals surface area contributed by atoms with Crippen LogP contribution in [0.1, 0.15) is 31.4 Å². The van der Waals surface area contributed by atoms with Crippen LogP contribution < -0.4 is 10.1 Å². The van der Waals surface area contributed by atoms with Gasteiger partial charge in [-0.2, -0.15) is 0 Å². The van der Waals surface area contributed by atoms with Crippen molar-refractivity contribution in [1.29, 1.82) is 0 Å². The summed E-state index contributed by atoms with van der Waals surface area (Å²) in [5, 5.41) is 11.8. The van der Waals surface area contributed by atoms with Gasteiger partial charge in [-0.25, -0.2) is 0 Å². The lowest BCUT2D eigenvalue weighted by Gasteiger charge is -2.17. The minimum absolute atomic E-state index is 0.0940. The average Bonchev–Trinajstić information content (AvgIpc) is 3.25. The number of amides is 1. The zero-order chi connectivity index (χ0) is 14.7. The molecule has 5 nitrogen and oxygen atoms in total. The molecule has 2 rings (SSSR count). The SMILES string of the molecule is CC[C@H](NC(=O)[C@H]1C[C@H]1C(=O)O)c1ccc(OC)cc1. The number of aliphatic carboxylic acids is 1. The molecule has 0 saturated heterocycles. The van der Waals surface area contributed by atoms with Crippen molar-refractivity contribution in [3.05, 3.63) is 29.8 Å². The lowest BCUT2D eigenvalue weighted by Crippen LogP contribution is -2.30. The number of carboxylic acid groups (broad SMARTS) is 1. The van der Waals surface area contributed by atoms with E-state index in [-0.39, 0.29) is 17.9 Å². The van der Waals surface area contributed by atoms with Gasteiger partial charge in [0.05, 0.1) is 25.0 Å². The zero-order valence-corrected chi connectivity index (χ0v) is 11.6. The van der Waals surface area contributed by atoms with Gasteiger partial charge in [0.15, 0.2) is 0 Å². The normalized spacial score (nSPS) is 21.9. The van der Waals surface area contributed by atoms with Crippen molar-refractivity contribution in [2.45, 2.75) is 25.8 Å². The molecule has 3 atom stereocenters. The molecule has 5 heteroatoms. The van der Waals surface area contributed by atoms with E-state index in [2.05, 4.69) is 5.32 Å². The Bertz CT molecular complexity index is 497. The first-order valence-corrected chi connectivity index (χ1v) is 6.74. The second kappa shape index (κ2) is 5.94. The summed E-state index contributed by atoms with van der Waals surface area (Å²) in [6.45, 7) is 1.98. The molecule has 0 heterocycles. The molecule has 1 aliphatic rings. The highest BCUT2D eigenvalue weighted by Gasteiger charge is 2.48. The molecule has 1 aliphatic carbocycles. The van der Waals surface area contributed by atoms with E-state index in [4.69, 9.17) is 9.84 Å². The van der Waals surface area contributed by atoms with E-state index in [1.165, 1.54) is 0 Å². The molecule has 20 heavy (non-hydrogen) atoms. The highest BCUT2D eigenvalue weighted by Crippen LogP contribution is 2.39. The van der Waals surface area contributed by atoms with Crippen molar-refractivity contribution >= 4 is 11.9 Å². The summed E-state index contributed by atoms with van der Waals surface area (Å²) in [5.41, 5.74) is 0.995. The molecule has 0 bridgehead atoms. The third-order valence-electron chi connectivity index (χ3n) is 3.69. The maximum absolute atomic E-state index is 12.0. The van der Waals surface area contributed by atoms with Crippen LogP contribution >= 0.6 is 0 Å². The summed E-state index contributed by atoms with van der Waals surface area (Å²) in [4.78, 5) is 22.8. The molecular weight excluding hydrogens is 258 g/mol. The summed E-state index contributed by atoms with van der Waals surface area (Å²) >= 11 is 0. The largest absolute Gasteiger partial charge is 0.497 e. The lowest BCUT2D eigenvalue weighted by atomic mass is 10.0. The maximum atomic E-state index is 12.0. The number of rotatable bonds is 6. The fourth-order valence-corrected chi connectivity index (χ4v) is 2.29. The predicted molar refractivity (Wildman–Crippen MR) is 73.4 cm³/mol. The van der Waals surface area contributed by atoms with E-state index in [9.17, 15) is 9.59 Å². The van der Waals surface area contributed by atoms with Crippen LogP contribution in [0, 0.1) is 11.8 Å². The average molecular weight is 277 g/mol. The molecule has 0 unspecified atom stereocenters. The molecule has 1 aromatic rings. The summed E-state index contributed by atoms with van der Waals surface area (Å²) in [7, 11) is 1.60. The van der Waals surface area contributed by atoms with Gasteiger partial charge >= 0.3 is 5.97 Å². The van der Waals surface area contributed by atoms with Crippen molar-refractivity contribution in [3.8, 4) is 5.75 Å². The summed E-state index contributed by atoms with van der Waals surface area (Å²) in [6.07, 6.45) is 1.20. The Morgan fingerprint density at radius 3 is 2.45 bits per heavy atom. The molecular formula is C15H19NO4. The number of methoxy groups -OCH3 is 1. The Balaban J connectivity index is 1.98. The van der Waals surface area contributed by atoms with E-state index < -0.39 is 11.9 Å². The minimum atomic E-state index is -0.886. The number of benzene rings is 1. The molecule has 0 aromatic heterocycles. The summed E-state index contributed by atoms with van der Waals surface area (Å²) < 4.78 is 5.10. The van der Waals surface area contributed by atoms with Gasteiger partial charge in [0.1, 0.15) is 5.75 Å². The minimum Gasteiger partial charge on any atom is -0.497 e. The smallest absolute Gasteiger partial charge is 0.307 e. The summed E-state index contributed by atoms with van der Waals surface area (Å²) in [6, 6.07) is 7.43. The van der Waals surface area contributed by atoms with Crippen LogP contribution in [-0.2, 0) is 9.59 Å². The van der Waals surface area contributed by atoms with Gasteiger partial charge < -0.3 is 15.2 Å². The fourth-order valence-electron chi connectivity index (χ4n) is 2.29. The Hall–Kier alpha value is -2.04. The molecule has 1 fully saturated rings. The van der Waals surface area contributed by atoms with Gasteiger partial charge in [0, 0.05) is 0 Å². The molecule has 1 amide bonds. The van der Waals surface area contributed by atoms with Crippen LogP contribution in [0.5, 0.6) is 5.75 Å². The number of ether oxygens (including phenoxy) is 1. The van der Waals surface area contributed by atoms with E-state index in [0.29, 0.717) is 6.42 Å². The number of hydrogen-bond donors (Lipinski definition) is 2. The van der Waals surface area contributed by atoms with E-state index in [1.54, 1.807) is 7.11 Å². The highest BCUT2D eigenvalue weighted by atomic mass is 16.5. The second-order valence-electron chi connectivity index (χ2n) is 5.03. The molecule has 0 radical (unpaired) electrons. The third-order valence-corrected chi connectivity index (χ3v) is 3.69. The lowest BCUT2D eigenvalue weighted by molar-refractivity contribution is -0.140. The standard InChI is InChI=1S/C15H19NO4/c1-3-13(9-4-6-10(20-2)7-5-9)16-14(17)11-8-12(11)15(18)19/h4-7,11-13H,3,8H2,1-2H3,(H,16,17)(H,18,19)/t11-,12+,13-/m0/s1. The van der Waals surface area contributed by atoms with Crippen molar-refractivity contribution in [2.75, 3.05) is 7.11 Å². The number of carbonyl (C=O) groups excluding carboxylic acids is 1. The molecule has 1 saturated carbocycles. The van der Waals surface area contributed by atoms with E-state index >= 15 is 0 Å². The Morgan fingerprint density at radius 1 is 1.35 bits per heavy atom. The van der Waals surface area contributed by atoms with Crippen LogP contribution in [0.2, 0.25) is 0 Å². The molecule has 0 spiro atoms. The maximum Gasteiger partial charge on any atom is 0.307 e. The van der Waals surface area contributed by atoms with Gasteiger partial charge in [0.2, 0.25) is 5.91 Å². The number of hydrogen-bond acceptors (Lipinski definition) is 3. The molecule has 0 aliphatic heterocycles. The quantitative estimate of drug-likeness (QED) is 0.833. The first-order valence-electron chi connectivity index (χ1n) is 6.74. The Morgan fingerprint density at radius 2 is 2.00 bits per heavy atom. The molecule has 108 valence electrons. The topological polar surface area (TPSA) is 75.6 Å². The van der Waals surface area contributed by atoms with Crippen LogP contribution in [0.25, 0.3) is 0 Å². The predicted octanol–water partition coefficient (Wildman–Crippen LogP) is 1.98. The first-order chi connectivity index (χ1) is 9.56. The van der Waals surface area contributed by atoms with Crippen molar-refractivity contribution < 1.29 is 19.4 Å². The van der Waals surface area contributed by atoms with Crippen molar-refractivity contribution in [2.24, 2.45) is 11.8 Å². The molecule has 2 N–H and O–H groups in total. The Kier molecular flexibility index (Phi) is 4.27. The fraction of sp³-hybridized carbons (Fsp3) is 0.467. The van der Waals surface area contributed by atoms with Crippen LogP contribution in [0.15, 0.2) is 24.3 Å². The molecule has 1 aromatic carbocycles. The highest BCUT2D eigenvalue weighted by molar-refractivity contribution is 5.89. The van der Waals surface area contributed by atoms with E-state index in [1.807, 2.05) is 31.2 Å². The van der Waals surface area contributed by atoms with Gasteiger partial charge in [-0.05, 0) is 30.5 Å². The van der Waals surface area contributed by atoms with Gasteiger partial charge in [-0.15, -0.1) is 0 Å². The number of carboxylic acids is 1. The number of carbonyl (C=O) groups is 2. The van der Waals surface area contributed by atoms with Gasteiger partial charge in [-0.3, -0.25) is 9.59 Å². The summed E-state index contributed by atoms with van der Waals surface area (Å²) in [5.74, 6) is -1.17.